The van der Waals surface area contributed by atoms with Crippen molar-refractivity contribution in [3.63, 3.8) is 0 Å². The van der Waals surface area contributed by atoms with Crippen molar-refractivity contribution in [2.75, 3.05) is 7.11 Å². The van der Waals surface area contributed by atoms with E-state index in [1.54, 1.807) is 7.11 Å². The Balaban J connectivity index is 2.31. The van der Waals surface area contributed by atoms with Crippen LogP contribution in [-0.4, -0.2) is 13.0 Å². The minimum atomic E-state index is -0.0733. The predicted octanol–water partition coefficient (Wildman–Crippen LogP) is 5.23. The van der Waals surface area contributed by atoms with Crippen LogP contribution < -0.4 is 10.1 Å². The first-order valence-corrected chi connectivity index (χ1v) is 8.81. The Kier molecular flexibility index (Phi) is 5.89. The predicted molar refractivity (Wildman–Crippen MR) is 104 cm³/mol. The van der Waals surface area contributed by atoms with Gasteiger partial charge in [-0.3, -0.25) is 4.79 Å². The third kappa shape index (κ3) is 4.22. The molecule has 0 aliphatic heterocycles. The molecule has 1 N–H and O–H groups in total. The van der Waals surface area contributed by atoms with E-state index < -0.39 is 0 Å². The summed E-state index contributed by atoms with van der Waals surface area (Å²) in [5.41, 5.74) is 6.23. The highest BCUT2D eigenvalue weighted by Crippen LogP contribution is 2.32. The minimum Gasteiger partial charge on any atom is -0.496 e. The summed E-state index contributed by atoms with van der Waals surface area (Å²) in [7, 11) is 1.70. The van der Waals surface area contributed by atoms with Crippen molar-refractivity contribution in [3.8, 4) is 5.75 Å². The van der Waals surface area contributed by atoms with Gasteiger partial charge in [0.2, 0.25) is 0 Å². The van der Waals surface area contributed by atoms with Crippen molar-refractivity contribution in [1.29, 1.82) is 0 Å². The third-order valence-corrected chi connectivity index (χ3v) is 4.69. The molecule has 0 saturated heterocycles. The van der Waals surface area contributed by atoms with Gasteiger partial charge in [0, 0.05) is 5.56 Å². The van der Waals surface area contributed by atoms with E-state index in [0.29, 0.717) is 5.92 Å². The molecule has 0 bridgehead atoms. The minimum absolute atomic E-state index is 0.0324. The van der Waals surface area contributed by atoms with Crippen molar-refractivity contribution < 1.29 is 9.53 Å². The number of carbonyl (C=O) groups excluding carboxylic acids is 1. The van der Waals surface area contributed by atoms with Gasteiger partial charge < -0.3 is 10.1 Å². The van der Waals surface area contributed by atoms with Gasteiger partial charge in [-0.05, 0) is 74.1 Å². The molecule has 0 heterocycles. The van der Waals surface area contributed by atoms with Crippen molar-refractivity contribution in [3.05, 3.63) is 63.7 Å². The summed E-state index contributed by atoms with van der Waals surface area (Å²) in [6.07, 6.45) is 0. The van der Waals surface area contributed by atoms with Gasteiger partial charge in [0.15, 0.2) is 0 Å². The van der Waals surface area contributed by atoms with Crippen molar-refractivity contribution >= 4 is 5.91 Å². The molecular formula is C22H29NO2. The molecule has 1 unspecified atom stereocenters. The van der Waals surface area contributed by atoms with Gasteiger partial charge >= 0.3 is 0 Å². The first-order chi connectivity index (χ1) is 11.7. The average Bonchev–Trinajstić information content (AvgIpc) is 2.56. The van der Waals surface area contributed by atoms with Crippen molar-refractivity contribution in [2.24, 2.45) is 0 Å². The zero-order valence-corrected chi connectivity index (χ0v) is 16.4. The number of carbonyl (C=O) groups is 1. The number of methoxy groups -OCH3 is 1. The highest BCUT2D eigenvalue weighted by atomic mass is 16.5. The Hall–Kier alpha value is -2.29. The smallest absolute Gasteiger partial charge is 0.252 e. The SMILES string of the molecule is COc1cc(C)c(C(C)NC(=O)c2cc(C)ccc2C)cc1C(C)C. The number of hydrogen-bond acceptors (Lipinski definition) is 2. The standard InChI is InChI=1S/C22H29NO2/c1-13(2)18-12-19(16(5)11-21(18)25-7)17(6)23-22(24)20-10-14(3)8-9-15(20)4/h8-13,17H,1-7H3,(H,23,24). The molecular weight excluding hydrogens is 310 g/mol. The quantitative estimate of drug-likeness (QED) is 0.809. The van der Waals surface area contributed by atoms with Gasteiger partial charge in [-0.15, -0.1) is 0 Å². The van der Waals surface area contributed by atoms with Crippen LogP contribution in [0.1, 0.15) is 70.9 Å². The maximum Gasteiger partial charge on any atom is 0.252 e. The molecule has 0 spiro atoms. The zero-order valence-electron chi connectivity index (χ0n) is 16.4. The van der Waals surface area contributed by atoms with Gasteiger partial charge in [0.1, 0.15) is 5.75 Å². The van der Waals surface area contributed by atoms with Crippen molar-refractivity contribution in [1.82, 2.24) is 5.32 Å². The van der Waals surface area contributed by atoms with E-state index in [0.717, 1.165) is 39.1 Å². The summed E-state index contributed by atoms with van der Waals surface area (Å²) in [5, 5.41) is 3.15. The number of amides is 1. The molecule has 0 aliphatic carbocycles. The number of rotatable bonds is 5. The first-order valence-electron chi connectivity index (χ1n) is 8.81. The van der Waals surface area contributed by atoms with E-state index in [4.69, 9.17) is 4.74 Å². The topological polar surface area (TPSA) is 38.3 Å². The van der Waals surface area contributed by atoms with E-state index in [2.05, 4.69) is 38.2 Å². The van der Waals surface area contributed by atoms with Gasteiger partial charge in [-0.1, -0.05) is 31.5 Å². The Labute approximate surface area is 151 Å². The maximum atomic E-state index is 12.7. The summed E-state index contributed by atoms with van der Waals surface area (Å²) in [5.74, 6) is 1.23. The van der Waals surface area contributed by atoms with Gasteiger partial charge in [-0.25, -0.2) is 0 Å². The van der Waals surface area contributed by atoms with Crippen LogP contribution >= 0.6 is 0 Å². The summed E-state index contributed by atoms with van der Waals surface area (Å²) in [4.78, 5) is 12.7. The molecule has 25 heavy (non-hydrogen) atoms. The van der Waals surface area contributed by atoms with E-state index >= 15 is 0 Å². The Bertz CT molecular complexity index is 778. The summed E-state index contributed by atoms with van der Waals surface area (Å²) >= 11 is 0. The second kappa shape index (κ2) is 7.73. The molecule has 0 aliphatic rings. The number of nitrogens with one attached hydrogen (secondary N) is 1. The first kappa shape index (κ1) is 19.0. The number of ether oxygens (including phenoxy) is 1. The van der Waals surface area contributed by atoms with Crippen LogP contribution in [0.15, 0.2) is 30.3 Å². The Morgan fingerprint density at radius 3 is 2.24 bits per heavy atom. The normalized spacial score (nSPS) is 12.2. The van der Waals surface area contributed by atoms with Crippen LogP contribution in [0, 0.1) is 20.8 Å². The van der Waals surface area contributed by atoms with E-state index in [9.17, 15) is 4.79 Å². The summed E-state index contributed by atoms with van der Waals surface area (Å²) in [6.45, 7) is 12.4. The molecule has 0 saturated carbocycles. The van der Waals surface area contributed by atoms with Crippen LogP contribution in [0.5, 0.6) is 5.75 Å². The van der Waals surface area contributed by atoms with E-state index in [-0.39, 0.29) is 11.9 Å². The fraction of sp³-hybridized carbons (Fsp3) is 0.409. The molecule has 2 aromatic carbocycles. The lowest BCUT2D eigenvalue weighted by molar-refractivity contribution is 0.0939. The van der Waals surface area contributed by atoms with Crippen LogP contribution in [0.2, 0.25) is 0 Å². The van der Waals surface area contributed by atoms with Gasteiger partial charge in [-0.2, -0.15) is 0 Å². The molecule has 0 fully saturated rings. The molecule has 3 heteroatoms. The highest BCUT2D eigenvalue weighted by molar-refractivity contribution is 5.96. The third-order valence-electron chi connectivity index (χ3n) is 4.69. The summed E-state index contributed by atoms with van der Waals surface area (Å²) < 4.78 is 5.51. The molecule has 134 valence electrons. The number of aryl methyl sites for hydroxylation is 3. The van der Waals surface area contributed by atoms with Crippen LogP contribution in [0.3, 0.4) is 0 Å². The molecule has 2 rings (SSSR count). The van der Waals surface area contributed by atoms with Gasteiger partial charge in [0.25, 0.3) is 5.91 Å². The fourth-order valence-electron chi connectivity index (χ4n) is 3.14. The molecule has 0 radical (unpaired) electrons. The fourth-order valence-corrected chi connectivity index (χ4v) is 3.14. The van der Waals surface area contributed by atoms with Crippen LogP contribution in [-0.2, 0) is 0 Å². The highest BCUT2D eigenvalue weighted by Gasteiger charge is 2.18. The number of hydrogen-bond donors (Lipinski definition) is 1. The lowest BCUT2D eigenvalue weighted by Gasteiger charge is -2.21. The second-order valence-electron chi connectivity index (χ2n) is 7.12. The lowest BCUT2D eigenvalue weighted by Crippen LogP contribution is -2.28. The number of benzene rings is 2. The lowest BCUT2D eigenvalue weighted by atomic mass is 9.93. The molecule has 3 nitrogen and oxygen atoms in total. The molecule has 2 aromatic rings. The molecule has 0 aromatic heterocycles. The average molecular weight is 339 g/mol. The molecule has 1 atom stereocenters. The van der Waals surface area contributed by atoms with Gasteiger partial charge in [0.05, 0.1) is 13.2 Å². The van der Waals surface area contributed by atoms with E-state index in [1.165, 1.54) is 0 Å². The second-order valence-corrected chi connectivity index (χ2v) is 7.12. The largest absolute Gasteiger partial charge is 0.496 e. The monoisotopic (exact) mass is 339 g/mol. The molecule has 1 amide bonds. The van der Waals surface area contributed by atoms with Crippen molar-refractivity contribution in [2.45, 2.75) is 53.5 Å². The van der Waals surface area contributed by atoms with E-state index in [1.807, 2.05) is 39.0 Å². The van der Waals surface area contributed by atoms with Crippen LogP contribution in [0.4, 0.5) is 0 Å². The maximum absolute atomic E-state index is 12.7. The summed E-state index contributed by atoms with van der Waals surface area (Å²) in [6, 6.07) is 10.1. The zero-order chi connectivity index (χ0) is 18.7. The van der Waals surface area contributed by atoms with Crippen LogP contribution in [0.25, 0.3) is 0 Å². The Morgan fingerprint density at radius 2 is 1.64 bits per heavy atom. The Morgan fingerprint density at radius 1 is 0.960 bits per heavy atom.